The number of carbonyl (C=O) groups is 1. The van der Waals surface area contributed by atoms with E-state index in [4.69, 9.17) is 5.73 Å². The van der Waals surface area contributed by atoms with Crippen LogP contribution in [0.5, 0.6) is 0 Å². The predicted molar refractivity (Wildman–Crippen MR) is 84.2 cm³/mol. The van der Waals surface area contributed by atoms with Crippen LogP contribution in [0.4, 0.5) is 0 Å². The monoisotopic (exact) mass is 288 g/mol. The van der Waals surface area contributed by atoms with Crippen molar-refractivity contribution >= 4 is 11.7 Å². The van der Waals surface area contributed by atoms with Gasteiger partial charge in [0.1, 0.15) is 5.84 Å². The minimum Gasteiger partial charge on any atom is -0.376 e. The number of nitrogens with one attached hydrogen (secondary N) is 1. The van der Waals surface area contributed by atoms with Gasteiger partial charge in [-0.2, -0.15) is 5.26 Å². The van der Waals surface area contributed by atoms with Gasteiger partial charge in [-0.25, -0.2) is 4.99 Å². The van der Waals surface area contributed by atoms with E-state index >= 15 is 0 Å². The van der Waals surface area contributed by atoms with Gasteiger partial charge in [-0.3, -0.25) is 4.79 Å². The molecule has 0 aromatic heterocycles. The van der Waals surface area contributed by atoms with Gasteiger partial charge in [0.15, 0.2) is 0 Å². The van der Waals surface area contributed by atoms with Gasteiger partial charge in [0.25, 0.3) is 5.91 Å². The zero-order valence-electron chi connectivity index (χ0n) is 13.2. The van der Waals surface area contributed by atoms with Gasteiger partial charge in [-0.15, -0.1) is 0 Å². The Balaban J connectivity index is 3.39. The lowest BCUT2D eigenvalue weighted by Crippen LogP contribution is -2.26. The summed E-state index contributed by atoms with van der Waals surface area (Å²) >= 11 is 0. The van der Waals surface area contributed by atoms with Gasteiger partial charge in [0.05, 0.1) is 17.6 Å². The Labute approximate surface area is 126 Å². The van der Waals surface area contributed by atoms with Gasteiger partial charge in [0, 0.05) is 19.2 Å². The van der Waals surface area contributed by atoms with E-state index in [-0.39, 0.29) is 17.8 Å². The quantitative estimate of drug-likeness (QED) is 0.811. The van der Waals surface area contributed by atoms with E-state index < -0.39 is 5.91 Å². The molecule has 114 valence electrons. The van der Waals surface area contributed by atoms with E-state index in [0.717, 1.165) is 18.7 Å². The highest BCUT2D eigenvalue weighted by atomic mass is 16.1. The molecule has 5 nitrogen and oxygen atoms in total. The fourth-order valence-electron chi connectivity index (χ4n) is 2.47. The summed E-state index contributed by atoms with van der Waals surface area (Å²) in [6.07, 6.45) is 5.15. The van der Waals surface area contributed by atoms with Gasteiger partial charge >= 0.3 is 0 Å². The highest BCUT2D eigenvalue weighted by Crippen LogP contribution is 2.31. The molecule has 3 unspecified atom stereocenters. The second kappa shape index (κ2) is 7.63. The maximum atomic E-state index is 11.8. The summed E-state index contributed by atoms with van der Waals surface area (Å²) in [6.45, 7) is 6.09. The Kier molecular flexibility index (Phi) is 6.16. The van der Waals surface area contributed by atoms with E-state index in [1.807, 2.05) is 26.8 Å². The summed E-state index contributed by atoms with van der Waals surface area (Å²) in [7, 11) is 1.80. The highest BCUT2D eigenvalue weighted by molar-refractivity contribution is 5.98. The second-order valence-corrected chi connectivity index (χ2v) is 5.30. The lowest BCUT2D eigenvalue weighted by Gasteiger charge is -2.21. The number of rotatable bonds is 5. The Morgan fingerprint density at radius 2 is 2.24 bits per heavy atom. The first-order valence-electron chi connectivity index (χ1n) is 7.37. The van der Waals surface area contributed by atoms with E-state index in [0.29, 0.717) is 11.1 Å². The van der Waals surface area contributed by atoms with E-state index in [1.54, 1.807) is 7.05 Å². The van der Waals surface area contributed by atoms with Crippen LogP contribution < -0.4 is 11.1 Å². The smallest absolute Gasteiger partial charge is 0.250 e. The summed E-state index contributed by atoms with van der Waals surface area (Å²) in [4.78, 5) is 16.1. The number of primary amides is 1. The number of hydrogen-bond acceptors (Lipinski definition) is 4. The van der Waals surface area contributed by atoms with E-state index in [9.17, 15) is 10.1 Å². The van der Waals surface area contributed by atoms with Crippen molar-refractivity contribution in [2.45, 2.75) is 33.6 Å². The van der Waals surface area contributed by atoms with Crippen LogP contribution in [0.2, 0.25) is 0 Å². The number of amidine groups is 1. The standard InChI is InChI=1S/C16H24N4O/c1-5-10(3)13(8-17)12-7-11(6-2)16(19-4)20-9-14(12)15(18)21/h7,9-11,13H,5-6H2,1-4H3,(H2,18,21)(H,19,20). The van der Waals surface area contributed by atoms with Gasteiger partial charge in [0.2, 0.25) is 0 Å². The third-order valence-electron chi connectivity index (χ3n) is 4.02. The molecule has 21 heavy (non-hydrogen) atoms. The maximum Gasteiger partial charge on any atom is 0.250 e. The molecule has 0 spiro atoms. The van der Waals surface area contributed by atoms with Gasteiger partial charge in [-0.1, -0.05) is 33.3 Å². The first-order chi connectivity index (χ1) is 9.99. The average Bonchev–Trinajstić information content (AvgIpc) is 2.66. The van der Waals surface area contributed by atoms with E-state index in [1.165, 1.54) is 6.20 Å². The van der Waals surface area contributed by atoms with Crippen LogP contribution >= 0.6 is 0 Å². The van der Waals surface area contributed by atoms with Crippen LogP contribution in [-0.4, -0.2) is 18.8 Å². The number of amides is 1. The molecule has 5 heteroatoms. The number of nitrogens with two attached hydrogens (primary N) is 1. The summed E-state index contributed by atoms with van der Waals surface area (Å²) in [6, 6.07) is 2.32. The van der Waals surface area contributed by atoms with Crippen LogP contribution in [0.1, 0.15) is 33.6 Å². The van der Waals surface area contributed by atoms with Crippen molar-refractivity contribution in [3.8, 4) is 6.07 Å². The van der Waals surface area contributed by atoms with Crippen LogP contribution in [0.15, 0.2) is 28.4 Å². The Bertz CT molecular complexity index is 525. The van der Waals surface area contributed by atoms with Crippen molar-refractivity contribution in [3.63, 3.8) is 0 Å². The number of carbonyl (C=O) groups excluding carboxylic acids is 1. The first kappa shape index (κ1) is 17.0. The molecule has 0 fully saturated rings. The topological polar surface area (TPSA) is 91.3 Å². The molecule has 0 bridgehead atoms. The molecule has 3 N–H and O–H groups in total. The molecule has 0 saturated carbocycles. The molecule has 3 atom stereocenters. The predicted octanol–water partition coefficient (Wildman–Crippen LogP) is 2.13. The number of aliphatic imine (C=N–C) groups is 1. The fraction of sp³-hybridized carbons (Fsp3) is 0.562. The van der Waals surface area contributed by atoms with E-state index in [2.05, 4.69) is 16.4 Å². The lowest BCUT2D eigenvalue weighted by molar-refractivity contribution is -0.114. The number of nitrogens with zero attached hydrogens (tertiary/aromatic N) is 2. The highest BCUT2D eigenvalue weighted by Gasteiger charge is 2.28. The normalized spacial score (nSPS) is 21.1. The first-order valence-corrected chi connectivity index (χ1v) is 7.37. The SMILES string of the molecule is CCC1C=C(C(C#N)C(C)CC)C(C(N)=O)=CN=C1NC. The number of nitriles is 1. The molecular formula is C16H24N4O. The maximum absolute atomic E-state index is 11.8. The van der Waals surface area contributed by atoms with Crippen LogP contribution in [0, 0.1) is 29.1 Å². The molecular weight excluding hydrogens is 264 g/mol. The summed E-state index contributed by atoms with van der Waals surface area (Å²) in [5.41, 5.74) is 6.53. The third kappa shape index (κ3) is 3.72. The molecule has 0 aromatic carbocycles. The molecule has 1 aliphatic rings. The Hall–Kier alpha value is -2.09. The lowest BCUT2D eigenvalue weighted by atomic mass is 9.81. The zero-order chi connectivity index (χ0) is 16.0. The van der Waals surface area contributed by atoms with Crippen molar-refractivity contribution in [1.82, 2.24) is 5.32 Å². The molecule has 1 amide bonds. The van der Waals surface area contributed by atoms with Gasteiger partial charge < -0.3 is 11.1 Å². The zero-order valence-corrected chi connectivity index (χ0v) is 13.2. The van der Waals surface area contributed by atoms with Crippen molar-refractivity contribution < 1.29 is 4.79 Å². The van der Waals surface area contributed by atoms with Crippen molar-refractivity contribution in [2.75, 3.05) is 7.05 Å². The molecule has 0 saturated heterocycles. The van der Waals surface area contributed by atoms with Crippen molar-refractivity contribution in [3.05, 3.63) is 23.4 Å². The van der Waals surface area contributed by atoms with Crippen LogP contribution in [0.25, 0.3) is 0 Å². The molecule has 1 rings (SSSR count). The minimum atomic E-state index is -0.541. The molecule has 1 aliphatic heterocycles. The summed E-state index contributed by atoms with van der Waals surface area (Å²) in [5.74, 6) is 0.0951. The second-order valence-electron chi connectivity index (χ2n) is 5.30. The third-order valence-corrected chi connectivity index (χ3v) is 4.02. The number of hydrogen-bond donors (Lipinski definition) is 2. The molecule has 0 radical (unpaired) electrons. The fourth-order valence-corrected chi connectivity index (χ4v) is 2.47. The molecule has 0 aromatic rings. The van der Waals surface area contributed by atoms with Crippen molar-refractivity contribution in [1.29, 1.82) is 5.26 Å². The molecule has 0 aliphatic carbocycles. The summed E-state index contributed by atoms with van der Waals surface area (Å²) in [5, 5.41) is 12.6. The summed E-state index contributed by atoms with van der Waals surface area (Å²) < 4.78 is 0. The minimum absolute atomic E-state index is 0.0537. The Morgan fingerprint density at radius 3 is 2.67 bits per heavy atom. The van der Waals surface area contributed by atoms with Gasteiger partial charge in [-0.05, 0) is 17.9 Å². The molecule has 1 heterocycles. The van der Waals surface area contributed by atoms with Crippen molar-refractivity contribution in [2.24, 2.45) is 28.5 Å². The Morgan fingerprint density at radius 1 is 1.57 bits per heavy atom. The van der Waals surface area contributed by atoms with Crippen LogP contribution in [0.3, 0.4) is 0 Å². The average molecular weight is 288 g/mol. The largest absolute Gasteiger partial charge is 0.376 e. The van der Waals surface area contributed by atoms with Crippen LogP contribution in [-0.2, 0) is 4.79 Å².